The quantitative estimate of drug-likeness (QED) is 0.739. The van der Waals surface area contributed by atoms with Gasteiger partial charge in [0.05, 0.1) is 5.60 Å². The molecular weight excluding hydrogens is 176 g/mol. The molecule has 0 fully saturated rings. The number of aryl methyl sites for hydroxylation is 1. The Morgan fingerprint density at radius 1 is 1.50 bits per heavy atom. The molecule has 0 heterocycles. The molecule has 1 aromatic carbocycles. The van der Waals surface area contributed by atoms with Crippen molar-refractivity contribution in [3.8, 4) is 0 Å². The number of hydrogen-bond acceptors (Lipinski definition) is 2. The van der Waals surface area contributed by atoms with Gasteiger partial charge >= 0.3 is 0 Å². The molecule has 0 aliphatic heterocycles. The lowest BCUT2D eigenvalue weighted by Crippen LogP contribution is -2.27. The number of aldehydes is 1. The van der Waals surface area contributed by atoms with E-state index in [1.807, 2.05) is 31.2 Å². The van der Waals surface area contributed by atoms with Crippen molar-refractivity contribution in [1.29, 1.82) is 0 Å². The predicted molar refractivity (Wildman–Crippen MR) is 56.2 cm³/mol. The second-order valence-electron chi connectivity index (χ2n) is 4.03. The molecule has 0 amide bonds. The molecule has 0 saturated carbocycles. The topological polar surface area (TPSA) is 37.3 Å². The van der Waals surface area contributed by atoms with Crippen LogP contribution in [0.2, 0.25) is 0 Å². The molecule has 0 aliphatic rings. The molecule has 0 aromatic heterocycles. The van der Waals surface area contributed by atoms with Gasteiger partial charge in [0.1, 0.15) is 6.29 Å². The fraction of sp³-hybridized carbons (Fsp3) is 0.417. The van der Waals surface area contributed by atoms with Crippen molar-refractivity contribution >= 4 is 6.29 Å². The van der Waals surface area contributed by atoms with Crippen LogP contribution in [-0.2, 0) is 11.2 Å². The van der Waals surface area contributed by atoms with Crippen molar-refractivity contribution in [1.82, 2.24) is 0 Å². The average molecular weight is 192 g/mol. The minimum Gasteiger partial charge on any atom is -0.389 e. The van der Waals surface area contributed by atoms with Gasteiger partial charge in [0, 0.05) is 12.8 Å². The number of carbonyl (C=O) groups is 1. The Morgan fingerprint density at radius 2 is 2.21 bits per heavy atom. The maximum absolute atomic E-state index is 10.3. The summed E-state index contributed by atoms with van der Waals surface area (Å²) in [5.41, 5.74) is 1.32. The number of benzene rings is 1. The van der Waals surface area contributed by atoms with Gasteiger partial charge in [0.25, 0.3) is 0 Å². The lowest BCUT2D eigenvalue weighted by molar-refractivity contribution is -0.111. The molecule has 0 spiro atoms. The SMILES string of the molecule is Cc1cccc(CC(C)(O)CC=O)c1. The maximum atomic E-state index is 10.3. The van der Waals surface area contributed by atoms with E-state index in [4.69, 9.17) is 0 Å². The highest BCUT2D eigenvalue weighted by molar-refractivity contribution is 5.51. The molecule has 2 nitrogen and oxygen atoms in total. The molecule has 0 radical (unpaired) electrons. The van der Waals surface area contributed by atoms with E-state index in [1.165, 1.54) is 5.56 Å². The standard InChI is InChI=1S/C12H16O2/c1-10-4-3-5-11(8-10)9-12(2,14)6-7-13/h3-5,7-8,14H,6,9H2,1-2H3. The van der Waals surface area contributed by atoms with E-state index < -0.39 is 5.60 Å². The van der Waals surface area contributed by atoms with Gasteiger partial charge < -0.3 is 9.90 Å². The van der Waals surface area contributed by atoms with E-state index >= 15 is 0 Å². The summed E-state index contributed by atoms with van der Waals surface area (Å²) in [6.45, 7) is 3.70. The van der Waals surface area contributed by atoms with Gasteiger partial charge in [-0.25, -0.2) is 0 Å². The number of carbonyl (C=O) groups excluding carboxylic acids is 1. The average Bonchev–Trinajstić information content (AvgIpc) is 2.02. The van der Waals surface area contributed by atoms with Gasteiger partial charge in [0.15, 0.2) is 0 Å². The zero-order valence-electron chi connectivity index (χ0n) is 8.66. The summed E-state index contributed by atoms with van der Waals surface area (Å²) in [5, 5.41) is 9.83. The molecular formula is C12H16O2. The first kappa shape index (κ1) is 10.9. The van der Waals surface area contributed by atoms with Crippen molar-refractivity contribution in [2.24, 2.45) is 0 Å². The van der Waals surface area contributed by atoms with Gasteiger partial charge in [-0.15, -0.1) is 0 Å². The smallest absolute Gasteiger partial charge is 0.122 e. The van der Waals surface area contributed by atoms with Crippen LogP contribution < -0.4 is 0 Å². The molecule has 14 heavy (non-hydrogen) atoms. The molecule has 76 valence electrons. The predicted octanol–water partition coefficient (Wildman–Crippen LogP) is 1.88. The maximum Gasteiger partial charge on any atom is 0.122 e. The van der Waals surface area contributed by atoms with E-state index in [1.54, 1.807) is 6.92 Å². The van der Waals surface area contributed by atoms with Gasteiger partial charge in [-0.1, -0.05) is 29.8 Å². The Hall–Kier alpha value is -1.15. The molecule has 1 unspecified atom stereocenters. The van der Waals surface area contributed by atoms with Crippen molar-refractivity contribution < 1.29 is 9.90 Å². The van der Waals surface area contributed by atoms with Crippen LogP contribution in [0.5, 0.6) is 0 Å². The minimum absolute atomic E-state index is 0.181. The van der Waals surface area contributed by atoms with Crippen LogP contribution in [0.15, 0.2) is 24.3 Å². The summed E-state index contributed by atoms with van der Waals surface area (Å²) in [6.07, 6.45) is 1.46. The Labute approximate surface area is 84.6 Å². The highest BCUT2D eigenvalue weighted by atomic mass is 16.3. The molecule has 1 rings (SSSR count). The van der Waals surface area contributed by atoms with Crippen molar-refractivity contribution in [2.75, 3.05) is 0 Å². The second-order valence-corrected chi connectivity index (χ2v) is 4.03. The van der Waals surface area contributed by atoms with Crippen LogP contribution in [0, 0.1) is 6.92 Å². The fourth-order valence-corrected chi connectivity index (χ4v) is 1.51. The fourth-order valence-electron chi connectivity index (χ4n) is 1.51. The zero-order chi connectivity index (χ0) is 10.6. The van der Waals surface area contributed by atoms with Crippen LogP contribution in [-0.4, -0.2) is 17.0 Å². The molecule has 1 aromatic rings. The van der Waals surface area contributed by atoms with Gasteiger partial charge in [-0.05, 0) is 19.4 Å². The highest BCUT2D eigenvalue weighted by Crippen LogP contribution is 2.16. The van der Waals surface area contributed by atoms with E-state index in [0.717, 1.165) is 11.8 Å². The Kier molecular flexibility index (Phi) is 3.42. The first-order valence-electron chi connectivity index (χ1n) is 4.75. The Morgan fingerprint density at radius 3 is 2.79 bits per heavy atom. The molecule has 1 N–H and O–H groups in total. The summed E-state index contributed by atoms with van der Waals surface area (Å²) in [6, 6.07) is 7.96. The van der Waals surface area contributed by atoms with E-state index in [0.29, 0.717) is 6.42 Å². The zero-order valence-corrected chi connectivity index (χ0v) is 8.66. The summed E-state index contributed by atoms with van der Waals surface area (Å²) in [4.78, 5) is 10.3. The molecule has 1 atom stereocenters. The van der Waals surface area contributed by atoms with Crippen molar-refractivity contribution in [3.05, 3.63) is 35.4 Å². The van der Waals surface area contributed by atoms with Gasteiger partial charge in [0.2, 0.25) is 0 Å². The highest BCUT2D eigenvalue weighted by Gasteiger charge is 2.19. The van der Waals surface area contributed by atoms with Gasteiger partial charge in [-0.2, -0.15) is 0 Å². The van der Waals surface area contributed by atoms with E-state index in [-0.39, 0.29) is 6.42 Å². The molecule has 0 saturated heterocycles. The Bertz CT molecular complexity index is 316. The molecule has 0 bridgehead atoms. The van der Waals surface area contributed by atoms with Crippen molar-refractivity contribution in [2.45, 2.75) is 32.3 Å². The molecule has 0 aliphatic carbocycles. The van der Waals surface area contributed by atoms with Gasteiger partial charge in [-0.3, -0.25) is 0 Å². The van der Waals surface area contributed by atoms with Crippen LogP contribution >= 0.6 is 0 Å². The summed E-state index contributed by atoms with van der Waals surface area (Å²) in [5.74, 6) is 0. The summed E-state index contributed by atoms with van der Waals surface area (Å²) < 4.78 is 0. The molecule has 2 heteroatoms. The first-order valence-corrected chi connectivity index (χ1v) is 4.75. The third-order valence-electron chi connectivity index (χ3n) is 2.19. The van der Waals surface area contributed by atoms with Crippen molar-refractivity contribution in [3.63, 3.8) is 0 Å². The van der Waals surface area contributed by atoms with Crippen LogP contribution in [0.4, 0.5) is 0 Å². The lowest BCUT2D eigenvalue weighted by atomic mass is 9.93. The van der Waals surface area contributed by atoms with Crippen LogP contribution in [0.1, 0.15) is 24.5 Å². The lowest BCUT2D eigenvalue weighted by Gasteiger charge is -2.20. The monoisotopic (exact) mass is 192 g/mol. The number of aliphatic hydroxyl groups is 1. The van der Waals surface area contributed by atoms with Crippen LogP contribution in [0.3, 0.4) is 0 Å². The first-order chi connectivity index (χ1) is 6.53. The number of hydrogen-bond donors (Lipinski definition) is 1. The minimum atomic E-state index is -0.921. The normalized spacial score (nSPS) is 14.8. The third-order valence-corrected chi connectivity index (χ3v) is 2.19. The Balaban J connectivity index is 2.72. The summed E-state index contributed by atoms with van der Waals surface area (Å²) >= 11 is 0. The largest absolute Gasteiger partial charge is 0.389 e. The van der Waals surface area contributed by atoms with Crippen LogP contribution in [0.25, 0.3) is 0 Å². The summed E-state index contributed by atoms with van der Waals surface area (Å²) in [7, 11) is 0. The van der Waals surface area contributed by atoms with E-state index in [2.05, 4.69) is 0 Å². The van der Waals surface area contributed by atoms with E-state index in [9.17, 15) is 9.90 Å². The third kappa shape index (κ3) is 3.30. The number of rotatable bonds is 4. The second kappa shape index (κ2) is 4.38.